The van der Waals surface area contributed by atoms with Gasteiger partial charge in [0.1, 0.15) is 5.69 Å². The number of hydrogen-bond acceptors (Lipinski definition) is 4. The molecule has 1 heterocycles. The maximum atomic E-state index is 11.9. The van der Waals surface area contributed by atoms with Gasteiger partial charge in [-0.15, -0.1) is 0 Å². The highest BCUT2D eigenvalue weighted by atomic mass is 16.6. The zero-order valence-corrected chi connectivity index (χ0v) is 11.1. The van der Waals surface area contributed by atoms with Gasteiger partial charge in [-0.3, -0.25) is 20.0 Å². The number of aromatic nitrogens is 2. The van der Waals surface area contributed by atoms with Crippen molar-refractivity contribution in [1.29, 1.82) is 0 Å². The molecule has 7 nitrogen and oxygen atoms in total. The van der Waals surface area contributed by atoms with Crippen LogP contribution in [0.4, 0.5) is 5.69 Å². The third-order valence-corrected chi connectivity index (χ3v) is 2.89. The normalized spacial score (nSPS) is 10.3. The average Bonchev–Trinajstić information content (AvgIpc) is 2.80. The Kier molecular flexibility index (Phi) is 3.79. The first kappa shape index (κ1) is 13.7. The lowest BCUT2D eigenvalue weighted by atomic mass is 10.1. The van der Waals surface area contributed by atoms with Gasteiger partial charge in [-0.25, -0.2) is 0 Å². The number of nitrogens with one attached hydrogen (secondary N) is 2. The largest absolute Gasteiger partial charge is 0.346 e. The van der Waals surface area contributed by atoms with E-state index < -0.39 is 10.8 Å². The van der Waals surface area contributed by atoms with Crippen LogP contribution in [0.5, 0.6) is 0 Å². The highest BCUT2D eigenvalue weighted by molar-refractivity contribution is 5.96. The van der Waals surface area contributed by atoms with Gasteiger partial charge in [0.25, 0.3) is 5.91 Å². The smallest absolute Gasteiger partial charge is 0.322 e. The SMILES string of the molecule is Cc1ccc(CNC(=O)c2n[nH]c(C)c2[N+](=O)[O-])cc1. The minimum Gasteiger partial charge on any atom is -0.346 e. The molecule has 0 aliphatic rings. The van der Waals surface area contributed by atoms with Crippen LogP contribution in [0.2, 0.25) is 0 Å². The Bertz CT molecular complexity index is 646. The molecule has 2 rings (SSSR count). The van der Waals surface area contributed by atoms with Crippen LogP contribution in [-0.4, -0.2) is 21.0 Å². The van der Waals surface area contributed by atoms with Gasteiger partial charge < -0.3 is 5.32 Å². The van der Waals surface area contributed by atoms with Crippen molar-refractivity contribution < 1.29 is 9.72 Å². The van der Waals surface area contributed by atoms with Crippen LogP contribution < -0.4 is 5.32 Å². The number of nitrogens with zero attached hydrogens (tertiary/aromatic N) is 2. The zero-order chi connectivity index (χ0) is 14.7. The van der Waals surface area contributed by atoms with Crippen LogP contribution in [0.25, 0.3) is 0 Å². The fraction of sp³-hybridized carbons (Fsp3) is 0.231. The first-order valence-corrected chi connectivity index (χ1v) is 6.02. The van der Waals surface area contributed by atoms with Crippen LogP contribution in [0, 0.1) is 24.0 Å². The molecule has 0 radical (unpaired) electrons. The quantitative estimate of drug-likeness (QED) is 0.656. The second-order valence-corrected chi connectivity index (χ2v) is 4.47. The molecular weight excluding hydrogens is 260 g/mol. The maximum Gasteiger partial charge on any atom is 0.322 e. The highest BCUT2D eigenvalue weighted by Gasteiger charge is 2.26. The van der Waals surface area contributed by atoms with Crippen molar-refractivity contribution in [3.8, 4) is 0 Å². The summed E-state index contributed by atoms with van der Waals surface area (Å²) in [5, 5.41) is 19.6. The van der Waals surface area contributed by atoms with Crippen molar-refractivity contribution in [2.75, 3.05) is 0 Å². The molecule has 0 atom stereocenters. The van der Waals surface area contributed by atoms with Gasteiger partial charge in [-0.05, 0) is 19.4 Å². The van der Waals surface area contributed by atoms with Gasteiger partial charge in [-0.1, -0.05) is 29.8 Å². The fourth-order valence-electron chi connectivity index (χ4n) is 1.78. The number of H-pyrrole nitrogens is 1. The number of hydrogen-bond donors (Lipinski definition) is 2. The number of nitro groups is 1. The molecule has 0 aliphatic carbocycles. The van der Waals surface area contributed by atoms with E-state index in [9.17, 15) is 14.9 Å². The number of aromatic amines is 1. The summed E-state index contributed by atoms with van der Waals surface area (Å²) in [4.78, 5) is 22.2. The van der Waals surface area contributed by atoms with Crippen molar-refractivity contribution >= 4 is 11.6 Å². The van der Waals surface area contributed by atoms with Crippen molar-refractivity contribution in [1.82, 2.24) is 15.5 Å². The predicted octanol–water partition coefficient (Wildman–Crippen LogP) is 1.86. The third kappa shape index (κ3) is 2.82. The van der Waals surface area contributed by atoms with Gasteiger partial charge in [0.15, 0.2) is 0 Å². The molecule has 2 N–H and O–H groups in total. The number of benzene rings is 1. The summed E-state index contributed by atoms with van der Waals surface area (Å²) in [7, 11) is 0. The van der Waals surface area contributed by atoms with E-state index >= 15 is 0 Å². The first-order valence-electron chi connectivity index (χ1n) is 6.02. The van der Waals surface area contributed by atoms with Crippen LogP contribution in [0.15, 0.2) is 24.3 Å². The first-order chi connectivity index (χ1) is 9.49. The van der Waals surface area contributed by atoms with Crippen molar-refractivity contribution in [3.05, 3.63) is 56.9 Å². The van der Waals surface area contributed by atoms with E-state index in [-0.39, 0.29) is 17.1 Å². The summed E-state index contributed by atoms with van der Waals surface area (Å²) >= 11 is 0. The molecule has 104 valence electrons. The molecule has 1 aromatic carbocycles. The van der Waals surface area contributed by atoms with E-state index in [0.717, 1.165) is 11.1 Å². The van der Waals surface area contributed by atoms with Crippen molar-refractivity contribution in [2.45, 2.75) is 20.4 Å². The van der Waals surface area contributed by atoms with Crippen LogP contribution in [0.1, 0.15) is 27.3 Å². The standard InChI is InChI=1S/C13H14N4O3/c1-8-3-5-10(6-4-8)7-14-13(18)11-12(17(19)20)9(2)15-16-11/h3-6H,7H2,1-2H3,(H,14,18)(H,15,16). The van der Waals surface area contributed by atoms with Crippen LogP contribution in [-0.2, 0) is 6.54 Å². The van der Waals surface area contributed by atoms with Crippen LogP contribution >= 0.6 is 0 Å². The lowest BCUT2D eigenvalue weighted by molar-refractivity contribution is -0.385. The molecule has 0 unspecified atom stereocenters. The van der Waals surface area contributed by atoms with E-state index in [4.69, 9.17) is 0 Å². The lowest BCUT2D eigenvalue weighted by Gasteiger charge is -2.03. The summed E-state index contributed by atoms with van der Waals surface area (Å²) in [5.74, 6) is -0.568. The Morgan fingerprint density at radius 2 is 2.00 bits per heavy atom. The topological polar surface area (TPSA) is 101 Å². The molecule has 1 amide bonds. The fourth-order valence-corrected chi connectivity index (χ4v) is 1.78. The summed E-state index contributed by atoms with van der Waals surface area (Å²) in [6.45, 7) is 3.77. The Hall–Kier alpha value is -2.70. The molecule has 2 aromatic rings. The van der Waals surface area contributed by atoms with E-state index in [1.54, 1.807) is 0 Å². The van der Waals surface area contributed by atoms with Gasteiger partial charge in [0.2, 0.25) is 5.69 Å². The Labute approximate surface area is 115 Å². The molecule has 0 saturated heterocycles. The van der Waals surface area contributed by atoms with Gasteiger partial charge >= 0.3 is 5.69 Å². The predicted molar refractivity (Wildman–Crippen MR) is 72.3 cm³/mol. The minimum absolute atomic E-state index is 0.195. The minimum atomic E-state index is -0.611. The Morgan fingerprint density at radius 3 is 2.60 bits per heavy atom. The summed E-state index contributed by atoms with van der Waals surface area (Å²) in [6.07, 6.45) is 0. The van der Waals surface area contributed by atoms with E-state index in [0.29, 0.717) is 6.54 Å². The maximum absolute atomic E-state index is 11.9. The number of rotatable bonds is 4. The van der Waals surface area contributed by atoms with Gasteiger partial charge in [-0.2, -0.15) is 5.10 Å². The monoisotopic (exact) mass is 274 g/mol. The molecular formula is C13H14N4O3. The molecule has 7 heteroatoms. The summed E-state index contributed by atoms with van der Waals surface area (Å²) < 4.78 is 0. The lowest BCUT2D eigenvalue weighted by Crippen LogP contribution is -2.24. The molecule has 20 heavy (non-hydrogen) atoms. The van der Waals surface area contributed by atoms with Crippen molar-refractivity contribution in [2.24, 2.45) is 0 Å². The van der Waals surface area contributed by atoms with E-state index in [2.05, 4.69) is 15.5 Å². The molecule has 1 aromatic heterocycles. The highest BCUT2D eigenvalue weighted by Crippen LogP contribution is 2.19. The third-order valence-electron chi connectivity index (χ3n) is 2.89. The summed E-state index contributed by atoms with van der Waals surface area (Å²) in [6, 6.07) is 7.64. The number of aryl methyl sites for hydroxylation is 2. The molecule has 0 fully saturated rings. The second kappa shape index (κ2) is 5.52. The van der Waals surface area contributed by atoms with Crippen molar-refractivity contribution in [3.63, 3.8) is 0 Å². The average molecular weight is 274 g/mol. The number of carbonyl (C=O) groups excluding carboxylic acids is 1. The number of carbonyl (C=O) groups is 1. The second-order valence-electron chi connectivity index (χ2n) is 4.47. The number of amides is 1. The van der Waals surface area contributed by atoms with Gasteiger partial charge in [0.05, 0.1) is 4.92 Å². The van der Waals surface area contributed by atoms with E-state index in [1.165, 1.54) is 6.92 Å². The molecule has 0 spiro atoms. The summed E-state index contributed by atoms with van der Waals surface area (Å²) in [5.41, 5.74) is 1.82. The Balaban J connectivity index is 2.09. The molecule has 0 saturated carbocycles. The van der Waals surface area contributed by atoms with Crippen LogP contribution in [0.3, 0.4) is 0 Å². The van der Waals surface area contributed by atoms with E-state index in [1.807, 2.05) is 31.2 Å². The molecule has 0 aliphatic heterocycles. The Morgan fingerprint density at radius 1 is 1.35 bits per heavy atom. The molecule has 0 bridgehead atoms. The zero-order valence-electron chi connectivity index (χ0n) is 11.1. The van der Waals surface area contributed by atoms with Gasteiger partial charge in [0, 0.05) is 6.54 Å².